The molecule has 0 radical (unpaired) electrons. The van der Waals surface area contributed by atoms with Gasteiger partial charge in [0.2, 0.25) is 0 Å². The van der Waals surface area contributed by atoms with Crippen LogP contribution in [0.1, 0.15) is 10.5 Å². The second kappa shape index (κ2) is 8.29. The molecule has 1 aliphatic rings. The first-order valence-corrected chi connectivity index (χ1v) is 9.18. The third-order valence-corrected chi connectivity index (χ3v) is 4.45. The summed E-state index contributed by atoms with van der Waals surface area (Å²) in [5.41, 5.74) is 0.598. The van der Waals surface area contributed by atoms with Crippen LogP contribution in [0.5, 0.6) is 17.2 Å². The van der Waals surface area contributed by atoms with Crippen LogP contribution >= 0.6 is 11.6 Å². The average Bonchev–Trinajstić information content (AvgIpc) is 3.22. The van der Waals surface area contributed by atoms with Gasteiger partial charge in [-0.1, -0.05) is 11.6 Å². The number of carbonyl (C=O) groups excluding carboxylic acids is 1. The molecule has 154 valence electrons. The summed E-state index contributed by atoms with van der Waals surface area (Å²) < 4.78 is 17.9. The molecule has 0 spiro atoms. The molecule has 4 rings (SSSR count). The standard InChI is InChI=1S/C19H15ClN4O6/c20-14-10-13(24(26)27)2-4-16(14)30-11-23-6-5-15(22-23)19(25)21-12-1-3-17-18(9-12)29-8-7-28-17/h1-6,9-10H,7-8,11H2,(H,21,25). The summed E-state index contributed by atoms with van der Waals surface area (Å²) in [5, 5.41) is 17.8. The molecule has 11 heteroatoms. The maximum atomic E-state index is 12.4. The predicted molar refractivity (Wildman–Crippen MR) is 106 cm³/mol. The summed E-state index contributed by atoms with van der Waals surface area (Å²) in [5.74, 6) is 1.06. The molecule has 0 saturated heterocycles. The van der Waals surface area contributed by atoms with Crippen molar-refractivity contribution in [2.75, 3.05) is 18.5 Å². The van der Waals surface area contributed by atoms with Gasteiger partial charge in [0.05, 0.1) is 9.95 Å². The molecule has 3 aromatic rings. The first kappa shape index (κ1) is 19.5. The van der Waals surface area contributed by atoms with E-state index in [0.717, 1.165) is 0 Å². The van der Waals surface area contributed by atoms with Crippen molar-refractivity contribution in [3.8, 4) is 17.2 Å². The number of hydrogen-bond acceptors (Lipinski definition) is 7. The summed E-state index contributed by atoms with van der Waals surface area (Å²) in [6.45, 7) is 0.908. The van der Waals surface area contributed by atoms with E-state index in [2.05, 4.69) is 10.4 Å². The van der Waals surface area contributed by atoms with Gasteiger partial charge < -0.3 is 19.5 Å². The lowest BCUT2D eigenvalue weighted by atomic mass is 10.2. The highest BCUT2D eigenvalue weighted by Gasteiger charge is 2.15. The minimum atomic E-state index is -0.546. The Labute approximate surface area is 175 Å². The number of nitro benzene ring substituents is 1. The Hall–Kier alpha value is -3.79. The zero-order valence-corrected chi connectivity index (χ0v) is 16.2. The van der Waals surface area contributed by atoms with Gasteiger partial charge >= 0.3 is 0 Å². The number of non-ortho nitro benzene ring substituents is 1. The molecule has 2 heterocycles. The number of ether oxygens (including phenoxy) is 3. The minimum absolute atomic E-state index is 0.0329. The lowest BCUT2D eigenvalue weighted by Gasteiger charge is -2.18. The fourth-order valence-corrected chi connectivity index (χ4v) is 2.96. The summed E-state index contributed by atoms with van der Waals surface area (Å²) in [7, 11) is 0. The van der Waals surface area contributed by atoms with E-state index < -0.39 is 10.8 Å². The summed E-state index contributed by atoms with van der Waals surface area (Å²) in [4.78, 5) is 22.6. The van der Waals surface area contributed by atoms with Crippen LogP contribution in [-0.4, -0.2) is 33.8 Å². The number of nitrogens with zero attached hydrogens (tertiary/aromatic N) is 3. The van der Waals surface area contributed by atoms with Gasteiger partial charge in [0, 0.05) is 30.1 Å². The Bertz CT molecular complexity index is 1120. The van der Waals surface area contributed by atoms with Gasteiger partial charge in [0.25, 0.3) is 11.6 Å². The first-order chi connectivity index (χ1) is 14.5. The smallest absolute Gasteiger partial charge is 0.276 e. The number of nitrogens with one attached hydrogen (secondary N) is 1. The van der Waals surface area contributed by atoms with Gasteiger partial charge in [-0.25, -0.2) is 4.68 Å². The zero-order valence-electron chi connectivity index (χ0n) is 15.4. The van der Waals surface area contributed by atoms with Gasteiger partial charge in [-0.3, -0.25) is 14.9 Å². The van der Waals surface area contributed by atoms with E-state index in [1.54, 1.807) is 24.4 Å². The molecular formula is C19H15ClN4O6. The molecule has 1 N–H and O–H groups in total. The Morgan fingerprint density at radius 3 is 2.77 bits per heavy atom. The highest BCUT2D eigenvalue weighted by atomic mass is 35.5. The lowest BCUT2D eigenvalue weighted by molar-refractivity contribution is -0.384. The number of fused-ring (bicyclic) bond motifs is 1. The van der Waals surface area contributed by atoms with Crippen molar-refractivity contribution in [2.24, 2.45) is 0 Å². The number of benzene rings is 2. The second-order valence-corrected chi connectivity index (χ2v) is 6.61. The van der Waals surface area contributed by atoms with E-state index in [1.807, 2.05) is 0 Å². The number of anilines is 1. The number of amides is 1. The first-order valence-electron chi connectivity index (χ1n) is 8.81. The Morgan fingerprint density at radius 2 is 2.00 bits per heavy atom. The van der Waals surface area contributed by atoms with Crippen molar-refractivity contribution >= 4 is 28.9 Å². The Kier molecular flexibility index (Phi) is 5.40. The lowest BCUT2D eigenvalue weighted by Crippen LogP contribution is -2.17. The molecule has 0 atom stereocenters. The molecule has 0 bridgehead atoms. The van der Waals surface area contributed by atoms with Crippen LogP contribution in [0.4, 0.5) is 11.4 Å². The molecule has 0 aliphatic carbocycles. The van der Waals surface area contributed by atoms with Crippen LogP contribution in [0.2, 0.25) is 5.02 Å². The molecule has 1 aliphatic heterocycles. The Balaban J connectivity index is 1.38. The van der Waals surface area contributed by atoms with Gasteiger partial charge in [-0.15, -0.1) is 0 Å². The van der Waals surface area contributed by atoms with E-state index in [0.29, 0.717) is 30.4 Å². The van der Waals surface area contributed by atoms with Crippen LogP contribution in [0.25, 0.3) is 0 Å². The maximum absolute atomic E-state index is 12.4. The SMILES string of the molecule is O=C(Nc1ccc2c(c1)OCCO2)c1ccn(COc2ccc([N+](=O)[O-])cc2Cl)n1. The molecule has 30 heavy (non-hydrogen) atoms. The maximum Gasteiger partial charge on any atom is 0.276 e. The number of carbonyl (C=O) groups is 1. The van der Waals surface area contributed by atoms with Crippen molar-refractivity contribution in [2.45, 2.75) is 6.73 Å². The van der Waals surface area contributed by atoms with Gasteiger partial charge in [-0.2, -0.15) is 5.10 Å². The van der Waals surface area contributed by atoms with E-state index in [-0.39, 0.29) is 28.9 Å². The third-order valence-electron chi connectivity index (χ3n) is 4.15. The normalized spacial score (nSPS) is 12.3. The average molecular weight is 431 g/mol. The van der Waals surface area contributed by atoms with Crippen molar-refractivity contribution in [1.82, 2.24) is 9.78 Å². The van der Waals surface area contributed by atoms with Gasteiger partial charge in [0.1, 0.15) is 19.0 Å². The van der Waals surface area contributed by atoms with Crippen molar-refractivity contribution in [1.29, 1.82) is 0 Å². The predicted octanol–water partition coefficient (Wildman–Crippen LogP) is 3.50. The monoisotopic (exact) mass is 430 g/mol. The molecule has 0 fully saturated rings. The number of rotatable bonds is 6. The molecule has 1 amide bonds. The second-order valence-electron chi connectivity index (χ2n) is 6.20. The highest BCUT2D eigenvalue weighted by Crippen LogP contribution is 2.32. The summed E-state index contributed by atoms with van der Waals surface area (Å²) >= 11 is 5.99. The van der Waals surface area contributed by atoms with Crippen LogP contribution < -0.4 is 19.5 Å². The van der Waals surface area contributed by atoms with Crippen LogP contribution in [0.3, 0.4) is 0 Å². The molecule has 1 aromatic heterocycles. The largest absolute Gasteiger partial charge is 0.486 e. The van der Waals surface area contributed by atoms with Gasteiger partial charge in [-0.05, 0) is 24.3 Å². The van der Waals surface area contributed by atoms with E-state index in [4.69, 9.17) is 25.8 Å². The molecule has 2 aromatic carbocycles. The molecule has 0 unspecified atom stereocenters. The highest BCUT2D eigenvalue weighted by molar-refractivity contribution is 6.32. The van der Waals surface area contributed by atoms with Crippen LogP contribution in [0.15, 0.2) is 48.7 Å². The molecule has 0 saturated carbocycles. The quantitative estimate of drug-likeness (QED) is 0.469. The van der Waals surface area contributed by atoms with Crippen molar-refractivity contribution in [3.05, 3.63) is 69.5 Å². The third kappa shape index (κ3) is 4.28. The van der Waals surface area contributed by atoms with Crippen molar-refractivity contribution < 1.29 is 23.9 Å². The Morgan fingerprint density at radius 1 is 1.20 bits per heavy atom. The number of hydrogen-bond donors (Lipinski definition) is 1. The molecular weight excluding hydrogens is 416 g/mol. The zero-order chi connectivity index (χ0) is 21.1. The number of aromatic nitrogens is 2. The van der Waals surface area contributed by atoms with Crippen molar-refractivity contribution in [3.63, 3.8) is 0 Å². The fourth-order valence-electron chi connectivity index (χ4n) is 2.73. The minimum Gasteiger partial charge on any atom is -0.486 e. The van der Waals surface area contributed by atoms with E-state index in [1.165, 1.54) is 28.9 Å². The van der Waals surface area contributed by atoms with Gasteiger partial charge in [0.15, 0.2) is 23.9 Å². The van der Waals surface area contributed by atoms with E-state index >= 15 is 0 Å². The van der Waals surface area contributed by atoms with Crippen LogP contribution in [-0.2, 0) is 6.73 Å². The van der Waals surface area contributed by atoms with E-state index in [9.17, 15) is 14.9 Å². The number of halogens is 1. The van der Waals surface area contributed by atoms with Crippen LogP contribution in [0, 0.1) is 10.1 Å². The fraction of sp³-hybridized carbons (Fsp3) is 0.158. The topological polar surface area (TPSA) is 118 Å². The summed E-state index contributed by atoms with van der Waals surface area (Å²) in [6.07, 6.45) is 1.57. The molecule has 10 nitrogen and oxygen atoms in total. The summed E-state index contributed by atoms with van der Waals surface area (Å²) in [6, 6.07) is 10.5. The number of nitro groups is 1.